The highest BCUT2D eigenvalue weighted by molar-refractivity contribution is 4.59. The first-order valence-electron chi connectivity index (χ1n) is 1.89. The first-order chi connectivity index (χ1) is 2.56. The van der Waals surface area contributed by atoms with E-state index in [9.17, 15) is 0 Å². The van der Waals surface area contributed by atoms with E-state index in [1.807, 2.05) is 0 Å². The molecule has 0 atom stereocenters. The Morgan fingerprint density at radius 2 is 1.57 bits per heavy atom. The van der Waals surface area contributed by atoms with Gasteiger partial charge >= 0.3 is 0 Å². The van der Waals surface area contributed by atoms with E-state index in [4.69, 9.17) is 10.2 Å². The lowest BCUT2D eigenvalue weighted by Gasteiger charge is -2.10. The van der Waals surface area contributed by atoms with Crippen LogP contribution in [0, 0.1) is 0 Å². The Bertz CT molecular complexity index is 39.4. The van der Waals surface area contributed by atoms with E-state index >= 15 is 0 Å². The lowest BCUT2D eigenvalue weighted by Crippen LogP contribution is -2.23. The van der Waals surface area contributed by atoms with Crippen LogP contribution in [0.4, 0.5) is 0 Å². The molecule has 0 aliphatic carbocycles. The Labute approximate surface area is 43.6 Å². The Hall–Kier alpha value is -0.120. The number of rotatable bonds is 1. The van der Waals surface area contributed by atoms with Gasteiger partial charge in [-0.2, -0.15) is 0 Å². The number of aliphatic hydroxyl groups is 2. The van der Waals surface area contributed by atoms with Gasteiger partial charge in [0.05, 0.1) is 12.2 Å². The van der Waals surface area contributed by atoms with Crippen molar-refractivity contribution < 1.29 is 10.2 Å². The van der Waals surface area contributed by atoms with Crippen LogP contribution in [0.15, 0.2) is 0 Å². The molecule has 0 spiro atoms. The number of hydrogen-bond acceptors (Lipinski definition) is 3. The number of aliphatic hydroxyl groups excluding tert-OH is 1. The van der Waals surface area contributed by atoms with Gasteiger partial charge in [-0.1, -0.05) is 0 Å². The van der Waals surface area contributed by atoms with E-state index in [0.717, 1.165) is 0 Å². The second-order valence-electron chi connectivity index (χ2n) is 1.97. The van der Waals surface area contributed by atoms with E-state index in [1.165, 1.54) is 0 Å². The van der Waals surface area contributed by atoms with E-state index in [2.05, 4.69) is 0 Å². The summed E-state index contributed by atoms with van der Waals surface area (Å²) in [5.74, 6) is 0. The third kappa shape index (κ3) is 10.7. The van der Waals surface area contributed by atoms with Crippen LogP contribution in [0.2, 0.25) is 0 Å². The molecular formula is C4H13NO2. The molecule has 0 aromatic carbocycles. The molecule has 0 radical (unpaired) electrons. The van der Waals surface area contributed by atoms with Crippen molar-refractivity contribution in [2.75, 3.05) is 6.61 Å². The minimum Gasteiger partial charge on any atom is -0.393 e. The Morgan fingerprint density at radius 3 is 1.57 bits per heavy atom. The van der Waals surface area contributed by atoms with Gasteiger partial charge in [0.25, 0.3) is 0 Å². The van der Waals surface area contributed by atoms with Crippen LogP contribution >= 0.6 is 0 Å². The molecule has 0 unspecified atom stereocenters. The van der Waals surface area contributed by atoms with Crippen molar-refractivity contribution in [2.24, 2.45) is 0 Å². The highest BCUT2D eigenvalue weighted by atomic mass is 16.3. The summed E-state index contributed by atoms with van der Waals surface area (Å²) in [4.78, 5) is 0. The molecule has 0 heterocycles. The average molecular weight is 107 g/mol. The standard InChI is InChI=1S/C4H10O2.H3N/c1-4(2,6)3-5;/h5-6H,3H2,1-2H3;1H3. The smallest absolute Gasteiger partial charge is 0.0821 e. The van der Waals surface area contributed by atoms with Gasteiger partial charge in [-0.05, 0) is 13.8 Å². The third-order valence-electron chi connectivity index (χ3n) is 0.387. The van der Waals surface area contributed by atoms with Crippen LogP contribution in [0.3, 0.4) is 0 Å². The van der Waals surface area contributed by atoms with Gasteiger partial charge in [-0.25, -0.2) is 0 Å². The fourth-order valence-corrected chi connectivity index (χ4v) is 0. The largest absolute Gasteiger partial charge is 0.393 e. The Morgan fingerprint density at radius 1 is 1.43 bits per heavy atom. The molecule has 5 N–H and O–H groups in total. The molecule has 0 aliphatic heterocycles. The molecule has 46 valence electrons. The maximum absolute atomic E-state index is 8.58. The predicted molar refractivity (Wildman–Crippen MR) is 28.4 cm³/mol. The topological polar surface area (TPSA) is 75.5 Å². The second kappa shape index (κ2) is 2.96. The maximum Gasteiger partial charge on any atom is 0.0821 e. The zero-order valence-corrected chi connectivity index (χ0v) is 4.81. The highest BCUT2D eigenvalue weighted by Crippen LogP contribution is 1.95. The molecule has 0 bridgehead atoms. The molecule has 3 heteroatoms. The molecule has 0 saturated heterocycles. The van der Waals surface area contributed by atoms with Crippen LogP contribution in [0.25, 0.3) is 0 Å². The van der Waals surface area contributed by atoms with Gasteiger partial charge in [0.1, 0.15) is 0 Å². The second-order valence-corrected chi connectivity index (χ2v) is 1.97. The van der Waals surface area contributed by atoms with Crippen molar-refractivity contribution >= 4 is 0 Å². The monoisotopic (exact) mass is 107 g/mol. The van der Waals surface area contributed by atoms with Crippen molar-refractivity contribution in [3.05, 3.63) is 0 Å². The average Bonchev–Trinajstić information content (AvgIpc) is 1.35. The lowest BCUT2D eigenvalue weighted by atomic mass is 10.2. The summed E-state index contributed by atoms with van der Waals surface area (Å²) in [7, 11) is 0. The van der Waals surface area contributed by atoms with Gasteiger partial charge < -0.3 is 16.4 Å². The molecule has 0 amide bonds. The van der Waals surface area contributed by atoms with E-state index in [0.29, 0.717) is 0 Å². The molecule has 0 saturated carbocycles. The Kier molecular flexibility index (Phi) is 4.22. The van der Waals surface area contributed by atoms with Crippen LogP contribution in [0.5, 0.6) is 0 Å². The van der Waals surface area contributed by atoms with Crippen molar-refractivity contribution in [3.63, 3.8) is 0 Å². The molecule has 0 aromatic rings. The zero-order valence-electron chi connectivity index (χ0n) is 4.81. The highest BCUT2D eigenvalue weighted by Gasteiger charge is 2.07. The summed E-state index contributed by atoms with van der Waals surface area (Å²) in [5.41, 5.74) is -0.903. The van der Waals surface area contributed by atoms with Crippen LogP contribution in [-0.4, -0.2) is 22.4 Å². The van der Waals surface area contributed by atoms with Gasteiger partial charge in [0.2, 0.25) is 0 Å². The maximum atomic E-state index is 8.58. The molecule has 0 fully saturated rings. The van der Waals surface area contributed by atoms with Gasteiger partial charge in [-0.3, -0.25) is 0 Å². The van der Waals surface area contributed by atoms with Crippen molar-refractivity contribution in [2.45, 2.75) is 19.4 Å². The minimum atomic E-state index is -0.903. The normalized spacial score (nSPS) is 10.3. The summed E-state index contributed by atoms with van der Waals surface area (Å²) in [6.07, 6.45) is 0. The van der Waals surface area contributed by atoms with Gasteiger partial charge in [0.15, 0.2) is 0 Å². The van der Waals surface area contributed by atoms with Crippen molar-refractivity contribution in [1.82, 2.24) is 6.15 Å². The minimum absolute atomic E-state index is 0. The van der Waals surface area contributed by atoms with Crippen molar-refractivity contribution in [1.29, 1.82) is 0 Å². The summed E-state index contributed by atoms with van der Waals surface area (Å²) in [6, 6.07) is 0. The molecular weight excluding hydrogens is 94.0 g/mol. The van der Waals surface area contributed by atoms with Crippen LogP contribution in [-0.2, 0) is 0 Å². The summed E-state index contributed by atoms with van der Waals surface area (Å²) < 4.78 is 0. The summed E-state index contributed by atoms with van der Waals surface area (Å²) in [6.45, 7) is 2.92. The Balaban J connectivity index is 0. The van der Waals surface area contributed by atoms with Gasteiger partial charge in [0, 0.05) is 0 Å². The molecule has 0 aromatic heterocycles. The van der Waals surface area contributed by atoms with Crippen LogP contribution in [0.1, 0.15) is 13.8 Å². The summed E-state index contributed by atoms with van der Waals surface area (Å²) in [5, 5.41) is 16.7. The lowest BCUT2D eigenvalue weighted by molar-refractivity contribution is 0.0183. The summed E-state index contributed by atoms with van der Waals surface area (Å²) >= 11 is 0. The fourth-order valence-electron chi connectivity index (χ4n) is 0. The van der Waals surface area contributed by atoms with Crippen LogP contribution < -0.4 is 6.15 Å². The van der Waals surface area contributed by atoms with Crippen molar-refractivity contribution in [3.8, 4) is 0 Å². The predicted octanol–water partition coefficient (Wildman–Crippen LogP) is -0.0884. The third-order valence-corrected chi connectivity index (χ3v) is 0.387. The quantitative estimate of drug-likeness (QED) is 0.438. The molecule has 7 heavy (non-hydrogen) atoms. The first kappa shape index (κ1) is 9.99. The van der Waals surface area contributed by atoms with E-state index in [1.54, 1.807) is 13.8 Å². The fraction of sp³-hybridized carbons (Fsp3) is 1.00. The molecule has 0 rings (SSSR count). The first-order valence-corrected chi connectivity index (χ1v) is 1.89. The number of hydrogen-bond donors (Lipinski definition) is 3. The molecule has 3 nitrogen and oxygen atoms in total. The van der Waals surface area contributed by atoms with E-state index < -0.39 is 5.60 Å². The molecule has 0 aliphatic rings. The zero-order chi connectivity index (χ0) is 5.21. The van der Waals surface area contributed by atoms with E-state index in [-0.39, 0.29) is 12.8 Å². The van der Waals surface area contributed by atoms with Gasteiger partial charge in [-0.15, -0.1) is 0 Å². The SMILES string of the molecule is CC(C)(O)CO.N.